The summed E-state index contributed by atoms with van der Waals surface area (Å²) in [6.45, 7) is 6.82. The minimum atomic E-state index is -0.883. The summed E-state index contributed by atoms with van der Waals surface area (Å²) >= 11 is 0. The van der Waals surface area contributed by atoms with Crippen LogP contribution in [0.25, 0.3) is 0 Å². The Morgan fingerprint density at radius 3 is 2.35 bits per heavy atom. The number of carboxylic acids is 1. The van der Waals surface area contributed by atoms with E-state index in [1.807, 2.05) is 38.1 Å². The van der Waals surface area contributed by atoms with E-state index >= 15 is 0 Å². The molecule has 1 aromatic rings. The molecule has 0 aliphatic heterocycles. The van der Waals surface area contributed by atoms with Gasteiger partial charge in [-0.05, 0) is 44.4 Å². The Bertz CT molecular complexity index is 496. The van der Waals surface area contributed by atoms with E-state index in [9.17, 15) is 9.59 Å². The molecule has 0 saturated carbocycles. The van der Waals surface area contributed by atoms with E-state index in [4.69, 9.17) is 9.84 Å². The molecule has 5 heteroatoms. The molecular weight excluding hydrogens is 294 g/mol. The highest BCUT2D eigenvalue weighted by molar-refractivity contribution is 5.77. The second-order valence-corrected chi connectivity index (χ2v) is 5.82. The van der Waals surface area contributed by atoms with E-state index in [2.05, 4.69) is 6.92 Å². The van der Waals surface area contributed by atoms with Crippen molar-refractivity contribution in [2.45, 2.75) is 52.5 Å². The molecule has 1 N–H and O–H groups in total. The Morgan fingerprint density at radius 2 is 1.83 bits per heavy atom. The first-order valence-corrected chi connectivity index (χ1v) is 8.17. The van der Waals surface area contributed by atoms with Crippen molar-refractivity contribution in [3.05, 3.63) is 29.8 Å². The summed E-state index contributed by atoms with van der Waals surface area (Å²) in [5.41, 5.74) is 1.07. The van der Waals surface area contributed by atoms with Crippen LogP contribution < -0.4 is 4.74 Å². The van der Waals surface area contributed by atoms with Gasteiger partial charge in [0, 0.05) is 19.0 Å². The second kappa shape index (κ2) is 9.87. The van der Waals surface area contributed by atoms with Gasteiger partial charge in [0.1, 0.15) is 5.75 Å². The lowest BCUT2D eigenvalue weighted by atomic mass is 10.1. The van der Waals surface area contributed by atoms with Gasteiger partial charge in [0.15, 0.2) is 0 Å². The maximum Gasteiger partial charge on any atom is 0.305 e. The number of nitrogens with zero attached hydrogens (tertiary/aromatic N) is 1. The molecular formula is C18H27NO4. The standard InChI is InChI=1S/C18H27NO4/c1-4-13-23-16-8-5-15(6-9-16)7-10-17(20)19(14(2)3)12-11-18(21)22/h5-6,8-9,14H,4,7,10-13H2,1-3H3,(H,21,22). The molecule has 1 rings (SSSR count). The molecule has 1 amide bonds. The van der Waals surface area contributed by atoms with E-state index in [1.54, 1.807) is 4.90 Å². The molecule has 0 fully saturated rings. The van der Waals surface area contributed by atoms with Gasteiger partial charge >= 0.3 is 5.97 Å². The molecule has 1 aromatic carbocycles. The maximum atomic E-state index is 12.3. The van der Waals surface area contributed by atoms with Crippen molar-refractivity contribution in [3.8, 4) is 5.75 Å². The highest BCUT2D eigenvalue weighted by atomic mass is 16.5. The maximum absolute atomic E-state index is 12.3. The van der Waals surface area contributed by atoms with E-state index < -0.39 is 5.97 Å². The summed E-state index contributed by atoms with van der Waals surface area (Å²) in [6, 6.07) is 7.77. The third-order valence-corrected chi connectivity index (χ3v) is 3.53. The lowest BCUT2D eigenvalue weighted by Gasteiger charge is -2.26. The normalized spacial score (nSPS) is 10.6. The van der Waals surface area contributed by atoms with Gasteiger partial charge < -0.3 is 14.7 Å². The highest BCUT2D eigenvalue weighted by Crippen LogP contribution is 2.14. The van der Waals surface area contributed by atoms with Crippen LogP contribution >= 0.6 is 0 Å². The SMILES string of the molecule is CCCOc1ccc(CCC(=O)N(CCC(=O)O)C(C)C)cc1. The van der Waals surface area contributed by atoms with Gasteiger partial charge in [-0.15, -0.1) is 0 Å². The van der Waals surface area contributed by atoms with Crippen LogP contribution in [-0.2, 0) is 16.0 Å². The van der Waals surface area contributed by atoms with Crippen LogP contribution in [0.15, 0.2) is 24.3 Å². The Balaban J connectivity index is 2.51. The Morgan fingerprint density at radius 1 is 1.17 bits per heavy atom. The number of hydrogen-bond donors (Lipinski definition) is 1. The molecule has 128 valence electrons. The lowest BCUT2D eigenvalue weighted by molar-refractivity contribution is -0.139. The average molecular weight is 321 g/mol. The molecule has 0 aliphatic carbocycles. The van der Waals surface area contributed by atoms with Crippen molar-refractivity contribution in [1.29, 1.82) is 0 Å². The molecule has 0 unspecified atom stereocenters. The Kier molecular flexibility index (Phi) is 8.16. The van der Waals surface area contributed by atoms with Crippen LogP contribution in [0, 0.1) is 0 Å². The van der Waals surface area contributed by atoms with E-state index in [0.29, 0.717) is 19.4 Å². The molecule has 5 nitrogen and oxygen atoms in total. The number of benzene rings is 1. The van der Waals surface area contributed by atoms with Gasteiger partial charge in [0.2, 0.25) is 5.91 Å². The van der Waals surface area contributed by atoms with Crippen LogP contribution in [-0.4, -0.2) is 41.1 Å². The number of carboxylic acid groups (broad SMARTS) is 1. The van der Waals surface area contributed by atoms with E-state index in [-0.39, 0.29) is 24.9 Å². The third-order valence-electron chi connectivity index (χ3n) is 3.53. The minimum absolute atomic E-state index is 0.00618. The zero-order valence-electron chi connectivity index (χ0n) is 14.2. The molecule has 0 atom stereocenters. The fourth-order valence-electron chi connectivity index (χ4n) is 2.25. The summed E-state index contributed by atoms with van der Waals surface area (Å²) in [7, 11) is 0. The number of ether oxygens (including phenoxy) is 1. The summed E-state index contributed by atoms with van der Waals surface area (Å²) in [6.07, 6.45) is 1.97. The quantitative estimate of drug-likeness (QED) is 0.719. The van der Waals surface area contributed by atoms with Gasteiger partial charge in [-0.1, -0.05) is 19.1 Å². The van der Waals surface area contributed by atoms with Crippen LogP contribution in [0.5, 0.6) is 5.75 Å². The van der Waals surface area contributed by atoms with Crippen molar-refractivity contribution in [3.63, 3.8) is 0 Å². The first-order valence-electron chi connectivity index (χ1n) is 8.17. The monoisotopic (exact) mass is 321 g/mol. The molecule has 0 radical (unpaired) electrons. The lowest BCUT2D eigenvalue weighted by Crippen LogP contribution is -2.38. The summed E-state index contributed by atoms with van der Waals surface area (Å²) in [4.78, 5) is 24.6. The Hall–Kier alpha value is -2.04. The number of carbonyl (C=O) groups is 2. The number of carbonyl (C=O) groups excluding carboxylic acids is 1. The molecule has 0 heterocycles. The van der Waals surface area contributed by atoms with Crippen LogP contribution in [0.3, 0.4) is 0 Å². The summed E-state index contributed by atoms with van der Waals surface area (Å²) in [5, 5.41) is 8.77. The summed E-state index contributed by atoms with van der Waals surface area (Å²) < 4.78 is 5.53. The third kappa shape index (κ3) is 7.17. The van der Waals surface area contributed by atoms with Crippen LogP contribution in [0.4, 0.5) is 0 Å². The van der Waals surface area contributed by atoms with Crippen molar-refractivity contribution in [1.82, 2.24) is 4.90 Å². The number of aliphatic carboxylic acids is 1. The zero-order chi connectivity index (χ0) is 17.2. The van der Waals surface area contributed by atoms with E-state index in [0.717, 1.165) is 17.7 Å². The van der Waals surface area contributed by atoms with Crippen LogP contribution in [0.1, 0.15) is 45.6 Å². The number of rotatable bonds is 10. The zero-order valence-corrected chi connectivity index (χ0v) is 14.2. The van der Waals surface area contributed by atoms with Gasteiger partial charge in [-0.2, -0.15) is 0 Å². The largest absolute Gasteiger partial charge is 0.494 e. The predicted molar refractivity (Wildman–Crippen MR) is 89.7 cm³/mol. The number of aryl methyl sites for hydroxylation is 1. The average Bonchev–Trinajstić information content (AvgIpc) is 2.51. The Labute approximate surface area is 138 Å². The van der Waals surface area contributed by atoms with Crippen molar-refractivity contribution < 1.29 is 19.4 Å². The minimum Gasteiger partial charge on any atom is -0.494 e. The molecule has 0 aromatic heterocycles. The first kappa shape index (κ1) is 19.0. The van der Waals surface area contributed by atoms with Gasteiger partial charge in [-0.3, -0.25) is 9.59 Å². The van der Waals surface area contributed by atoms with Gasteiger partial charge in [0.25, 0.3) is 0 Å². The van der Waals surface area contributed by atoms with Crippen molar-refractivity contribution >= 4 is 11.9 Å². The number of amides is 1. The first-order chi connectivity index (χ1) is 10.9. The summed E-state index contributed by atoms with van der Waals surface area (Å²) in [5.74, 6) is -0.0501. The molecule has 0 bridgehead atoms. The van der Waals surface area contributed by atoms with Crippen LogP contribution in [0.2, 0.25) is 0 Å². The van der Waals surface area contributed by atoms with Crippen molar-refractivity contribution in [2.24, 2.45) is 0 Å². The van der Waals surface area contributed by atoms with E-state index in [1.165, 1.54) is 0 Å². The molecule has 0 aliphatic rings. The molecule has 0 spiro atoms. The highest BCUT2D eigenvalue weighted by Gasteiger charge is 2.17. The fourth-order valence-corrected chi connectivity index (χ4v) is 2.25. The molecule has 23 heavy (non-hydrogen) atoms. The predicted octanol–water partition coefficient (Wildman–Crippen LogP) is 3.12. The smallest absolute Gasteiger partial charge is 0.305 e. The van der Waals surface area contributed by atoms with Gasteiger partial charge in [-0.25, -0.2) is 0 Å². The van der Waals surface area contributed by atoms with Crippen molar-refractivity contribution in [2.75, 3.05) is 13.2 Å². The van der Waals surface area contributed by atoms with Gasteiger partial charge in [0.05, 0.1) is 13.0 Å². The second-order valence-electron chi connectivity index (χ2n) is 5.82. The molecule has 0 saturated heterocycles. The number of hydrogen-bond acceptors (Lipinski definition) is 3. The topological polar surface area (TPSA) is 66.8 Å². The fraction of sp³-hybridized carbons (Fsp3) is 0.556.